The molecular formula is C21H17F3N2O3S. The van der Waals surface area contributed by atoms with Gasteiger partial charge in [-0.25, -0.2) is 4.79 Å². The standard InChI is InChI=1S/C21H17F3N2O3S/c1-3-29-19(28)16-17(27)25-20(21(22,23)24,13-10-8-12(2)9-11-13)26-14-6-4-5-7-15(14)30-18(16)26/h4-11H,3H2,1-2H3,(H,25,27). The second kappa shape index (κ2) is 7.09. The highest BCUT2D eigenvalue weighted by atomic mass is 32.2. The number of aryl methyl sites for hydroxylation is 1. The minimum absolute atomic E-state index is 0.0110. The Kier molecular flexibility index (Phi) is 4.80. The lowest BCUT2D eigenvalue weighted by Gasteiger charge is -2.47. The lowest BCUT2D eigenvalue weighted by atomic mass is 9.92. The predicted molar refractivity (Wildman–Crippen MR) is 105 cm³/mol. The summed E-state index contributed by atoms with van der Waals surface area (Å²) in [6.07, 6.45) is -4.90. The van der Waals surface area contributed by atoms with Gasteiger partial charge in [-0.2, -0.15) is 13.2 Å². The minimum atomic E-state index is -4.90. The Morgan fingerprint density at radius 1 is 1.17 bits per heavy atom. The number of amides is 1. The largest absolute Gasteiger partial charge is 0.462 e. The van der Waals surface area contributed by atoms with Crippen LogP contribution in [-0.4, -0.2) is 24.7 Å². The summed E-state index contributed by atoms with van der Waals surface area (Å²) in [5.41, 5.74) is -2.45. The summed E-state index contributed by atoms with van der Waals surface area (Å²) < 4.78 is 49.2. The molecule has 0 fully saturated rings. The summed E-state index contributed by atoms with van der Waals surface area (Å²) in [5.74, 6) is -2.09. The first-order valence-electron chi connectivity index (χ1n) is 9.15. The molecule has 30 heavy (non-hydrogen) atoms. The van der Waals surface area contributed by atoms with E-state index in [1.54, 1.807) is 44.2 Å². The fourth-order valence-electron chi connectivity index (χ4n) is 3.60. The van der Waals surface area contributed by atoms with Crippen LogP contribution in [0.2, 0.25) is 0 Å². The number of para-hydroxylation sites is 1. The zero-order chi connectivity index (χ0) is 21.7. The maximum atomic E-state index is 14.8. The Morgan fingerprint density at radius 2 is 1.83 bits per heavy atom. The van der Waals surface area contributed by atoms with Crippen molar-refractivity contribution in [2.45, 2.75) is 30.6 Å². The molecule has 0 saturated heterocycles. The van der Waals surface area contributed by atoms with Crippen LogP contribution in [0.25, 0.3) is 0 Å². The molecule has 2 heterocycles. The van der Waals surface area contributed by atoms with Crippen molar-refractivity contribution in [3.05, 3.63) is 70.3 Å². The van der Waals surface area contributed by atoms with E-state index in [-0.39, 0.29) is 22.9 Å². The summed E-state index contributed by atoms with van der Waals surface area (Å²) in [6, 6.07) is 12.2. The van der Waals surface area contributed by atoms with Crippen molar-refractivity contribution >= 4 is 29.3 Å². The Balaban J connectivity index is 2.05. The molecule has 2 aromatic carbocycles. The van der Waals surface area contributed by atoms with E-state index < -0.39 is 29.3 Å². The van der Waals surface area contributed by atoms with Crippen LogP contribution >= 0.6 is 11.8 Å². The first kappa shape index (κ1) is 20.3. The minimum Gasteiger partial charge on any atom is -0.462 e. The lowest BCUT2D eigenvalue weighted by Crippen LogP contribution is -2.68. The van der Waals surface area contributed by atoms with E-state index in [0.29, 0.717) is 4.90 Å². The second-order valence-electron chi connectivity index (χ2n) is 6.83. The summed E-state index contributed by atoms with van der Waals surface area (Å²) in [5, 5.41) is 2.00. The average Bonchev–Trinajstić information content (AvgIpc) is 3.06. The predicted octanol–water partition coefficient (Wildman–Crippen LogP) is 4.23. The van der Waals surface area contributed by atoms with Crippen LogP contribution in [0.3, 0.4) is 0 Å². The van der Waals surface area contributed by atoms with Crippen molar-refractivity contribution in [1.82, 2.24) is 5.32 Å². The number of thioether (sulfide) groups is 1. The van der Waals surface area contributed by atoms with Gasteiger partial charge in [0.05, 0.1) is 12.3 Å². The van der Waals surface area contributed by atoms with Crippen LogP contribution in [0.1, 0.15) is 18.1 Å². The van der Waals surface area contributed by atoms with Crippen molar-refractivity contribution in [2.75, 3.05) is 11.5 Å². The fraction of sp³-hybridized carbons (Fsp3) is 0.238. The molecule has 2 aromatic rings. The molecule has 2 aliphatic rings. The first-order chi connectivity index (χ1) is 14.2. The number of halogens is 3. The van der Waals surface area contributed by atoms with E-state index in [0.717, 1.165) is 22.2 Å². The number of fused-ring (bicyclic) bond motifs is 3. The van der Waals surface area contributed by atoms with Crippen molar-refractivity contribution in [1.29, 1.82) is 0 Å². The highest BCUT2D eigenvalue weighted by Gasteiger charge is 2.66. The molecule has 0 aliphatic carbocycles. The average molecular weight is 434 g/mol. The van der Waals surface area contributed by atoms with Crippen molar-refractivity contribution < 1.29 is 27.5 Å². The van der Waals surface area contributed by atoms with Gasteiger partial charge in [0.25, 0.3) is 5.91 Å². The highest BCUT2D eigenvalue weighted by Crippen LogP contribution is 2.57. The molecule has 1 atom stereocenters. The third kappa shape index (κ3) is 2.87. The van der Waals surface area contributed by atoms with Gasteiger partial charge in [0.15, 0.2) is 5.57 Å². The molecule has 4 rings (SSSR count). The van der Waals surface area contributed by atoms with Crippen LogP contribution in [0.4, 0.5) is 18.9 Å². The maximum absolute atomic E-state index is 14.8. The van der Waals surface area contributed by atoms with Crippen LogP contribution < -0.4 is 10.2 Å². The number of alkyl halides is 3. The molecule has 0 bridgehead atoms. The van der Waals surface area contributed by atoms with Crippen LogP contribution in [-0.2, 0) is 20.0 Å². The number of nitrogens with zero attached hydrogens (tertiary/aromatic N) is 1. The lowest BCUT2D eigenvalue weighted by molar-refractivity contribution is -0.202. The molecule has 0 aromatic heterocycles. The molecule has 0 spiro atoms. The smallest absolute Gasteiger partial charge is 0.435 e. The van der Waals surface area contributed by atoms with Gasteiger partial charge in [-0.15, -0.1) is 0 Å². The topological polar surface area (TPSA) is 58.6 Å². The number of hydrogen-bond donors (Lipinski definition) is 1. The number of anilines is 1. The van der Waals surface area contributed by atoms with E-state index >= 15 is 0 Å². The van der Waals surface area contributed by atoms with Crippen LogP contribution in [0, 0.1) is 6.92 Å². The number of carbonyl (C=O) groups excluding carboxylic acids is 2. The summed E-state index contributed by atoms with van der Waals surface area (Å²) in [6.45, 7) is 3.31. The molecule has 2 aliphatic heterocycles. The Hall–Kier alpha value is -2.94. The number of carbonyl (C=O) groups is 2. The van der Waals surface area contributed by atoms with Crippen LogP contribution in [0.15, 0.2) is 64.0 Å². The number of nitrogens with one attached hydrogen (secondary N) is 1. The molecule has 5 nitrogen and oxygen atoms in total. The normalized spacial score (nSPS) is 20.6. The van der Waals surface area contributed by atoms with Crippen molar-refractivity contribution in [3.63, 3.8) is 0 Å². The molecule has 0 radical (unpaired) electrons. The Bertz CT molecular complexity index is 1070. The van der Waals surface area contributed by atoms with E-state index in [1.165, 1.54) is 18.2 Å². The van der Waals surface area contributed by atoms with Gasteiger partial charge >= 0.3 is 12.1 Å². The maximum Gasteiger partial charge on any atom is 0.435 e. The third-order valence-corrected chi connectivity index (χ3v) is 6.09. The van der Waals surface area contributed by atoms with Gasteiger partial charge in [-0.3, -0.25) is 9.69 Å². The monoisotopic (exact) mass is 434 g/mol. The quantitative estimate of drug-likeness (QED) is 0.579. The zero-order valence-electron chi connectivity index (χ0n) is 16.0. The third-order valence-electron chi connectivity index (χ3n) is 4.95. The second-order valence-corrected chi connectivity index (χ2v) is 7.86. The molecular weight excluding hydrogens is 417 g/mol. The first-order valence-corrected chi connectivity index (χ1v) is 9.97. The molecule has 1 amide bonds. The fourth-order valence-corrected chi connectivity index (χ4v) is 4.83. The molecule has 156 valence electrons. The van der Waals surface area contributed by atoms with E-state index in [9.17, 15) is 22.8 Å². The Morgan fingerprint density at radius 3 is 2.47 bits per heavy atom. The summed E-state index contributed by atoms with van der Waals surface area (Å²) in [4.78, 5) is 26.9. The van der Waals surface area contributed by atoms with E-state index in [4.69, 9.17) is 4.74 Å². The van der Waals surface area contributed by atoms with Gasteiger partial charge in [-0.1, -0.05) is 53.7 Å². The molecule has 1 N–H and O–H groups in total. The van der Waals surface area contributed by atoms with Crippen molar-refractivity contribution in [2.24, 2.45) is 0 Å². The number of hydrogen-bond acceptors (Lipinski definition) is 5. The Labute approximate surface area is 174 Å². The van der Waals surface area contributed by atoms with E-state index in [2.05, 4.69) is 5.32 Å². The molecule has 0 saturated carbocycles. The zero-order valence-corrected chi connectivity index (χ0v) is 16.9. The van der Waals surface area contributed by atoms with Gasteiger partial charge in [0.1, 0.15) is 5.03 Å². The number of rotatable bonds is 3. The van der Waals surface area contributed by atoms with E-state index in [1.807, 2.05) is 0 Å². The number of benzene rings is 2. The number of esters is 1. The summed E-state index contributed by atoms with van der Waals surface area (Å²) in [7, 11) is 0. The van der Waals surface area contributed by atoms with Crippen LogP contribution in [0.5, 0.6) is 0 Å². The number of ether oxygens (including phenoxy) is 1. The molecule has 9 heteroatoms. The summed E-state index contributed by atoms with van der Waals surface area (Å²) >= 11 is 0.946. The van der Waals surface area contributed by atoms with Gasteiger partial charge in [0, 0.05) is 10.5 Å². The highest BCUT2D eigenvalue weighted by molar-refractivity contribution is 8.03. The molecule has 1 unspecified atom stereocenters. The van der Waals surface area contributed by atoms with Gasteiger partial charge in [0.2, 0.25) is 5.66 Å². The van der Waals surface area contributed by atoms with Gasteiger partial charge < -0.3 is 10.1 Å². The van der Waals surface area contributed by atoms with Gasteiger partial charge in [-0.05, 0) is 26.0 Å². The van der Waals surface area contributed by atoms with Crippen molar-refractivity contribution in [3.8, 4) is 0 Å². The SMILES string of the molecule is CCOC(=O)C1=C2Sc3ccccc3N2C(c2ccc(C)cc2)(C(F)(F)F)NC1=O.